The summed E-state index contributed by atoms with van der Waals surface area (Å²) in [5, 5.41) is 7.76. The number of carbonyl (C=O) groups is 1. The van der Waals surface area contributed by atoms with Crippen LogP contribution in [0.1, 0.15) is 30.8 Å². The smallest absolute Gasteiger partial charge is 0.269 e. The molecule has 0 saturated carbocycles. The fourth-order valence-electron chi connectivity index (χ4n) is 3.21. The lowest BCUT2D eigenvalue weighted by atomic mass is 10.1. The number of fused-ring (bicyclic) bond motifs is 1. The van der Waals surface area contributed by atoms with Crippen LogP contribution in [-0.4, -0.2) is 45.4 Å². The Morgan fingerprint density at radius 3 is 2.83 bits per heavy atom. The summed E-state index contributed by atoms with van der Waals surface area (Å²) >= 11 is 6.48. The molecule has 0 unspecified atom stereocenters. The van der Waals surface area contributed by atoms with Gasteiger partial charge in [-0.05, 0) is 37.6 Å². The van der Waals surface area contributed by atoms with E-state index in [1.807, 2.05) is 19.9 Å². The highest BCUT2D eigenvalue weighted by atomic mass is 35.5. The first-order valence-corrected chi connectivity index (χ1v) is 10.3. The van der Waals surface area contributed by atoms with Crippen LogP contribution >= 0.6 is 11.6 Å². The van der Waals surface area contributed by atoms with E-state index in [2.05, 4.69) is 20.4 Å². The highest BCUT2D eigenvalue weighted by Crippen LogP contribution is 2.39. The van der Waals surface area contributed by atoms with Crippen molar-refractivity contribution in [2.24, 2.45) is 0 Å². The van der Waals surface area contributed by atoms with Gasteiger partial charge in [0, 0.05) is 18.3 Å². The van der Waals surface area contributed by atoms with Gasteiger partial charge >= 0.3 is 0 Å². The molecule has 0 radical (unpaired) electrons. The minimum Gasteiger partial charge on any atom is -0.490 e. The zero-order valence-corrected chi connectivity index (χ0v) is 17.6. The largest absolute Gasteiger partial charge is 0.490 e. The summed E-state index contributed by atoms with van der Waals surface area (Å²) in [5.41, 5.74) is 2.46. The second kappa shape index (κ2) is 8.71. The van der Waals surface area contributed by atoms with Crippen molar-refractivity contribution in [3.05, 3.63) is 41.2 Å². The molecule has 9 heteroatoms. The van der Waals surface area contributed by atoms with E-state index in [4.69, 9.17) is 21.1 Å². The minimum absolute atomic E-state index is 0.134. The molecule has 1 aromatic carbocycles. The zero-order chi connectivity index (χ0) is 21.1. The van der Waals surface area contributed by atoms with Gasteiger partial charge in [-0.25, -0.2) is 9.97 Å². The van der Waals surface area contributed by atoms with Crippen molar-refractivity contribution in [3.63, 3.8) is 0 Å². The van der Waals surface area contributed by atoms with Crippen LogP contribution in [0.4, 0.5) is 0 Å². The van der Waals surface area contributed by atoms with Gasteiger partial charge in [0.25, 0.3) is 5.91 Å². The van der Waals surface area contributed by atoms with Crippen LogP contribution in [0.3, 0.4) is 0 Å². The molecule has 1 aliphatic heterocycles. The van der Waals surface area contributed by atoms with Crippen LogP contribution in [0.15, 0.2) is 30.5 Å². The van der Waals surface area contributed by atoms with Gasteiger partial charge in [0.15, 0.2) is 17.3 Å². The SMILES string of the molecule is CCCOc1c(Cl)cc(-c2nccc(-c3cc4n(n3)CCNC4=O)n2)cc1OCC. The standard InChI is InChI=1S/C21H22ClN5O3/c1-3-9-30-19-14(22)10-13(11-18(19)29-4-2)20-23-6-5-15(25-20)16-12-17-21(28)24-7-8-27(17)26-16/h5-6,10-12H,3-4,7-9H2,1-2H3,(H,24,28). The number of hydrogen-bond donors (Lipinski definition) is 1. The maximum absolute atomic E-state index is 12.0. The third kappa shape index (κ3) is 3.95. The maximum Gasteiger partial charge on any atom is 0.269 e. The number of nitrogens with one attached hydrogen (secondary N) is 1. The van der Waals surface area contributed by atoms with Crippen molar-refractivity contribution in [1.82, 2.24) is 25.1 Å². The molecule has 0 saturated heterocycles. The van der Waals surface area contributed by atoms with E-state index < -0.39 is 0 Å². The van der Waals surface area contributed by atoms with Gasteiger partial charge in [-0.15, -0.1) is 0 Å². The number of carbonyl (C=O) groups excluding carboxylic acids is 1. The van der Waals surface area contributed by atoms with Crippen molar-refractivity contribution in [2.45, 2.75) is 26.8 Å². The Hall–Kier alpha value is -3.13. The number of ether oxygens (including phenoxy) is 2. The number of amides is 1. The molecule has 8 nitrogen and oxygen atoms in total. The van der Waals surface area contributed by atoms with Crippen LogP contribution in [0, 0.1) is 0 Å². The summed E-state index contributed by atoms with van der Waals surface area (Å²) in [4.78, 5) is 21.0. The van der Waals surface area contributed by atoms with Crippen LogP contribution in [0.25, 0.3) is 22.8 Å². The molecule has 0 fully saturated rings. The summed E-state index contributed by atoms with van der Waals surface area (Å²) in [6.07, 6.45) is 2.52. The summed E-state index contributed by atoms with van der Waals surface area (Å²) in [7, 11) is 0. The number of rotatable bonds is 7. The van der Waals surface area contributed by atoms with Crippen LogP contribution in [0.2, 0.25) is 5.02 Å². The van der Waals surface area contributed by atoms with Gasteiger partial charge in [0.2, 0.25) is 0 Å². The number of hydrogen-bond acceptors (Lipinski definition) is 6. The predicted octanol–water partition coefficient (Wildman–Crippen LogP) is 3.59. The van der Waals surface area contributed by atoms with E-state index in [9.17, 15) is 4.79 Å². The molecular weight excluding hydrogens is 406 g/mol. The molecule has 3 aromatic rings. The molecule has 1 N–H and O–H groups in total. The fourth-order valence-corrected chi connectivity index (χ4v) is 3.47. The lowest BCUT2D eigenvalue weighted by Crippen LogP contribution is -2.35. The second-order valence-electron chi connectivity index (χ2n) is 6.73. The van der Waals surface area contributed by atoms with Crippen molar-refractivity contribution in [1.29, 1.82) is 0 Å². The fraction of sp³-hybridized carbons (Fsp3) is 0.333. The third-order valence-electron chi connectivity index (χ3n) is 4.56. The molecule has 1 amide bonds. The highest BCUT2D eigenvalue weighted by molar-refractivity contribution is 6.32. The summed E-state index contributed by atoms with van der Waals surface area (Å²) in [6, 6.07) is 7.09. The van der Waals surface area contributed by atoms with Gasteiger partial charge in [-0.2, -0.15) is 5.10 Å². The van der Waals surface area contributed by atoms with Crippen LogP contribution in [-0.2, 0) is 6.54 Å². The molecule has 0 atom stereocenters. The average molecular weight is 428 g/mol. The van der Waals surface area contributed by atoms with Crippen LogP contribution < -0.4 is 14.8 Å². The quantitative estimate of drug-likeness (QED) is 0.619. The Kier molecular flexibility index (Phi) is 5.85. The van der Waals surface area contributed by atoms with Gasteiger partial charge < -0.3 is 14.8 Å². The monoisotopic (exact) mass is 427 g/mol. The molecule has 0 aliphatic carbocycles. The van der Waals surface area contributed by atoms with E-state index in [1.54, 1.807) is 29.1 Å². The summed E-state index contributed by atoms with van der Waals surface area (Å²) < 4.78 is 13.2. The van der Waals surface area contributed by atoms with E-state index >= 15 is 0 Å². The first-order valence-electron chi connectivity index (χ1n) is 9.89. The van der Waals surface area contributed by atoms with Gasteiger partial charge in [0.05, 0.1) is 30.5 Å². The molecule has 2 aromatic heterocycles. The predicted molar refractivity (Wildman–Crippen MR) is 113 cm³/mol. The number of nitrogens with zero attached hydrogens (tertiary/aromatic N) is 4. The Morgan fingerprint density at radius 1 is 1.20 bits per heavy atom. The van der Waals surface area contributed by atoms with Gasteiger partial charge in [-0.1, -0.05) is 18.5 Å². The first-order chi connectivity index (χ1) is 14.6. The third-order valence-corrected chi connectivity index (χ3v) is 4.84. The molecular formula is C21H22ClN5O3. The van der Waals surface area contributed by atoms with Gasteiger partial charge in [-0.3, -0.25) is 9.48 Å². The molecule has 3 heterocycles. The summed E-state index contributed by atoms with van der Waals surface area (Å²) in [6.45, 7) is 6.14. The van der Waals surface area contributed by atoms with Crippen molar-refractivity contribution in [3.8, 4) is 34.3 Å². The van der Waals surface area contributed by atoms with Gasteiger partial charge in [0.1, 0.15) is 11.4 Å². The van der Waals surface area contributed by atoms with E-state index in [1.165, 1.54) is 0 Å². The number of aromatic nitrogens is 4. The Labute approximate surface area is 179 Å². The molecule has 156 valence electrons. The Morgan fingerprint density at radius 2 is 2.07 bits per heavy atom. The van der Waals surface area contributed by atoms with E-state index in [0.717, 1.165) is 6.42 Å². The molecule has 4 rings (SSSR count). The van der Waals surface area contributed by atoms with E-state index in [0.29, 0.717) is 71.3 Å². The molecule has 1 aliphatic rings. The zero-order valence-electron chi connectivity index (χ0n) is 16.8. The topological polar surface area (TPSA) is 91.2 Å². The van der Waals surface area contributed by atoms with Crippen molar-refractivity contribution < 1.29 is 14.3 Å². The van der Waals surface area contributed by atoms with Crippen molar-refractivity contribution in [2.75, 3.05) is 19.8 Å². The normalized spacial score (nSPS) is 13.0. The first kappa shape index (κ1) is 20.2. The molecule has 30 heavy (non-hydrogen) atoms. The summed E-state index contributed by atoms with van der Waals surface area (Å²) in [5.74, 6) is 1.42. The van der Waals surface area contributed by atoms with Crippen LogP contribution in [0.5, 0.6) is 11.5 Å². The molecule has 0 spiro atoms. The maximum atomic E-state index is 12.0. The average Bonchev–Trinajstić information content (AvgIpc) is 3.19. The Balaban J connectivity index is 1.71. The Bertz CT molecular complexity index is 1080. The second-order valence-corrected chi connectivity index (χ2v) is 7.13. The number of halogens is 1. The minimum atomic E-state index is -0.134. The lowest BCUT2D eigenvalue weighted by Gasteiger charge is -2.14. The number of benzene rings is 1. The van der Waals surface area contributed by atoms with E-state index in [-0.39, 0.29) is 5.91 Å². The lowest BCUT2D eigenvalue weighted by molar-refractivity contribution is 0.0924. The molecule has 0 bridgehead atoms. The van der Waals surface area contributed by atoms with Crippen molar-refractivity contribution >= 4 is 17.5 Å². The highest BCUT2D eigenvalue weighted by Gasteiger charge is 2.21.